The van der Waals surface area contributed by atoms with E-state index < -0.39 is 0 Å². The van der Waals surface area contributed by atoms with Crippen LogP contribution >= 0.6 is 11.3 Å². The predicted octanol–water partition coefficient (Wildman–Crippen LogP) is 1.81. The van der Waals surface area contributed by atoms with Crippen molar-refractivity contribution in [2.45, 2.75) is 6.54 Å². The Morgan fingerprint density at radius 1 is 1.44 bits per heavy atom. The van der Waals surface area contributed by atoms with Crippen LogP contribution in [0.1, 0.15) is 16.2 Å². The summed E-state index contributed by atoms with van der Waals surface area (Å²) in [5, 5.41) is 1.75. The van der Waals surface area contributed by atoms with Gasteiger partial charge in [-0.05, 0) is 12.1 Å². The maximum Gasteiger partial charge on any atom is 0.273 e. The molecule has 0 aromatic carbocycles. The molecular formula is C11H11N3OS. The summed E-state index contributed by atoms with van der Waals surface area (Å²) < 4.78 is 0. The minimum absolute atomic E-state index is 0.0769. The second-order valence-electron chi connectivity index (χ2n) is 3.36. The first-order valence-corrected chi connectivity index (χ1v) is 5.75. The lowest BCUT2D eigenvalue weighted by Gasteiger charge is -2.14. The van der Waals surface area contributed by atoms with Gasteiger partial charge in [0.2, 0.25) is 0 Å². The fourth-order valence-corrected chi connectivity index (χ4v) is 1.85. The third kappa shape index (κ3) is 2.43. The highest BCUT2D eigenvalue weighted by molar-refractivity contribution is 7.07. The topological polar surface area (TPSA) is 46.1 Å². The summed E-state index contributed by atoms with van der Waals surface area (Å²) in [6, 6.07) is 5.65. The second-order valence-corrected chi connectivity index (χ2v) is 4.07. The van der Waals surface area contributed by atoms with E-state index in [1.807, 2.05) is 18.2 Å². The average molecular weight is 233 g/mol. The third-order valence-corrected chi connectivity index (χ3v) is 2.71. The lowest BCUT2D eigenvalue weighted by atomic mass is 10.3. The number of carbonyl (C=O) groups excluding carboxylic acids is 1. The molecular weight excluding hydrogens is 222 g/mol. The molecule has 2 aromatic heterocycles. The van der Waals surface area contributed by atoms with E-state index in [1.54, 1.807) is 29.0 Å². The highest BCUT2D eigenvalue weighted by Gasteiger charge is 2.13. The van der Waals surface area contributed by atoms with Gasteiger partial charge < -0.3 is 4.90 Å². The molecule has 0 fully saturated rings. The van der Waals surface area contributed by atoms with Crippen LogP contribution in [0.15, 0.2) is 35.3 Å². The minimum Gasteiger partial charge on any atom is -0.334 e. The number of aromatic nitrogens is 2. The largest absolute Gasteiger partial charge is 0.334 e. The van der Waals surface area contributed by atoms with Gasteiger partial charge in [-0.2, -0.15) is 0 Å². The molecule has 4 nitrogen and oxygen atoms in total. The van der Waals surface area contributed by atoms with Gasteiger partial charge in [-0.3, -0.25) is 9.78 Å². The van der Waals surface area contributed by atoms with Crippen molar-refractivity contribution in [3.05, 3.63) is 46.7 Å². The average Bonchev–Trinajstić information content (AvgIpc) is 2.83. The quantitative estimate of drug-likeness (QED) is 0.812. The molecule has 0 aliphatic rings. The van der Waals surface area contributed by atoms with Crippen LogP contribution in [0.5, 0.6) is 0 Å². The van der Waals surface area contributed by atoms with Crippen LogP contribution in [0.2, 0.25) is 0 Å². The zero-order chi connectivity index (χ0) is 11.4. The Balaban J connectivity index is 2.04. The van der Waals surface area contributed by atoms with Gasteiger partial charge in [-0.25, -0.2) is 4.98 Å². The molecule has 0 atom stereocenters. The minimum atomic E-state index is -0.0769. The van der Waals surface area contributed by atoms with Crippen molar-refractivity contribution in [2.24, 2.45) is 0 Å². The van der Waals surface area contributed by atoms with Gasteiger partial charge in [-0.15, -0.1) is 11.3 Å². The van der Waals surface area contributed by atoms with Crippen molar-refractivity contribution >= 4 is 17.2 Å². The van der Waals surface area contributed by atoms with Crippen molar-refractivity contribution in [3.8, 4) is 0 Å². The molecule has 2 rings (SSSR count). The van der Waals surface area contributed by atoms with E-state index in [9.17, 15) is 4.79 Å². The Hall–Kier alpha value is -1.75. The van der Waals surface area contributed by atoms with Gasteiger partial charge in [-0.1, -0.05) is 6.07 Å². The number of rotatable bonds is 3. The van der Waals surface area contributed by atoms with E-state index in [4.69, 9.17) is 0 Å². The summed E-state index contributed by atoms with van der Waals surface area (Å²) >= 11 is 1.42. The first-order chi connectivity index (χ1) is 7.77. The van der Waals surface area contributed by atoms with E-state index >= 15 is 0 Å². The molecule has 82 valence electrons. The van der Waals surface area contributed by atoms with Crippen LogP contribution in [-0.2, 0) is 6.54 Å². The number of pyridine rings is 1. The molecule has 1 amide bonds. The molecule has 0 spiro atoms. The number of amides is 1. The summed E-state index contributed by atoms with van der Waals surface area (Å²) in [4.78, 5) is 21.6. The van der Waals surface area contributed by atoms with Gasteiger partial charge >= 0.3 is 0 Å². The molecule has 2 aromatic rings. The van der Waals surface area contributed by atoms with Gasteiger partial charge in [0.15, 0.2) is 0 Å². The molecule has 5 heteroatoms. The lowest BCUT2D eigenvalue weighted by molar-refractivity contribution is 0.0778. The number of carbonyl (C=O) groups is 1. The van der Waals surface area contributed by atoms with Gasteiger partial charge in [0.05, 0.1) is 17.7 Å². The standard InChI is InChI=1S/C11H11N3OS/c1-14(6-9-4-2-3-5-12-9)11(15)10-7-16-8-13-10/h2-5,7-8H,6H2,1H3. The SMILES string of the molecule is CN(Cc1ccccn1)C(=O)c1cscn1. The van der Waals surface area contributed by atoms with Crippen molar-refractivity contribution in [1.29, 1.82) is 0 Å². The Bertz CT molecular complexity index is 455. The zero-order valence-corrected chi connectivity index (χ0v) is 9.65. The normalized spacial score (nSPS) is 10.1. The van der Waals surface area contributed by atoms with Gasteiger partial charge in [0, 0.05) is 18.6 Å². The van der Waals surface area contributed by atoms with Gasteiger partial charge in [0.1, 0.15) is 5.69 Å². The molecule has 2 heterocycles. The monoisotopic (exact) mass is 233 g/mol. The third-order valence-electron chi connectivity index (χ3n) is 2.12. The summed E-state index contributed by atoms with van der Waals surface area (Å²) in [6.45, 7) is 0.497. The van der Waals surface area contributed by atoms with Crippen molar-refractivity contribution in [1.82, 2.24) is 14.9 Å². The van der Waals surface area contributed by atoms with Crippen LogP contribution in [-0.4, -0.2) is 27.8 Å². The predicted molar refractivity (Wildman–Crippen MR) is 62.1 cm³/mol. The Labute approximate surface area is 97.6 Å². The molecule has 0 N–H and O–H groups in total. The van der Waals surface area contributed by atoms with Crippen LogP contribution < -0.4 is 0 Å². The van der Waals surface area contributed by atoms with Crippen molar-refractivity contribution in [2.75, 3.05) is 7.05 Å². The molecule has 0 saturated carbocycles. The lowest BCUT2D eigenvalue weighted by Crippen LogP contribution is -2.26. The Kier molecular flexibility index (Phi) is 3.26. The highest BCUT2D eigenvalue weighted by Crippen LogP contribution is 2.07. The first-order valence-electron chi connectivity index (χ1n) is 4.81. The molecule has 0 bridgehead atoms. The molecule has 16 heavy (non-hydrogen) atoms. The Morgan fingerprint density at radius 3 is 2.94 bits per heavy atom. The number of nitrogens with zero attached hydrogens (tertiary/aromatic N) is 3. The molecule has 0 aliphatic heterocycles. The number of hydrogen-bond acceptors (Lipinski definition) is 4. The van der Waals surface area contributed by atoms with Crippen molar-refractivity contribution in [3.63, 3.8) is 0 Å². The maximum absolute atomic E-state index is 11.9. The number of hydrogen-bond donors (Lipinski definition) is 0. The summed E-state index contributed by atoms with van der Waals surface area (Å²) in [6.07, 6.45) is 1.72. The number of thiazole rings is 1. The smallest absolute Gasteiger partial charge is 0.273 e. The van der Waals surface area contributed by atoms with E-state index in [2.05, 4.69) is 9.97 Å². The fourth-order valence-electron chi connectivity index (χ4n) is 1.32. The van der Waals surface area contributed by atoms with Crippen LogP contribution in [0.3, 0.4) is 0 Å². The fraction of sp³-hybridized carbons (Fsp3) is 0.182. The van der Waals surface area contributed by atoms with E-state index in [0.29, 0.717) is 12.2 Å². The highest BCUT2D eigenvalue weighted by atomic mass is 32.1. The molecule has 0 saturated heterocycles. The zero-order valence-electron chi connectivity index (χ0n) is 8.83. The molecule has 0 unspecified atom stereocenters. The summed E-state index contributed by atoms with van der Waals surface area (Å²) in [5.74, 6) is -0.0769. The van der Waals surface area contributed by atoms with Crippen LogP contribution in [0, 0.1) is 0 Å². The van der Waals surface area contributed by atoms with Crippen LogP contribution in [0.25, 0.3) is 0 Å². The molecule has 0 radical (unpaired) electrons. The van der Waals surface area contributed by atoms with E-state index in [0.717, 1.165) is 5.69 Å². The van der Waals surface area contributed by atoms with Crippen molar-refractivity contribution < 1.29 is 4.79 Å². The Morgan fingerprint density at radius 2 is 2.31 bits per heavy atom. The van der Waals surface area contributed by atoms with E-state index in [1.165, 1.54) is 11.3 Å². The van der Waals surface area contributed by atoms with Crippen LogP contribution in [0.4, 0.5) is 0 Å². The first kappa shape index (κ1) is 10.8. The summed E-state index contributed by atoms with van der Waals surface area (Å²) in [5.41, 5.74) is 3.01. The van der Waals surface area contributed by atoms with E-state index in [-0.39, 0.29) is 5.91 Å². The molecule has 0 aliphatic carbocycles. The summed E-state index contributed by atoms with van der Waals surface area (Å²) in [7, 11) is 1.75. The van der Waals surface area contributed by atoms with Gasteiger partial charge in [0.25, 0.3) is 5.91 Å². The second kappa shape index (κ2) is 4.85. The maximum atomic E-state index is 11.9.